The smallest absolute Gasteiger partial charge is 0.000729 e. The fraction of sp³-hybridized carbons (Fsp3) is 0.0303. The highest BCUT2D eigenvalue weighted by molar-refractivity contribution is 6.12. The maximum absolute atomic E-state index is 2.30. The van der Waals surface area contributed by atoms with Crippen LogP contribution in [-0.2, 0) is 6.42 Å². The van der Waals surface area contributed by atoms with Crippen LogP contribution in [0.15, 0.2) is 121 Å². The Bertz CT molecular complexity index is 1620. The van der Waals surface area contributed by atoms with Crippen LogP contribution in [0.1, 0.15) is 11.1 Å². The Morgan fingerprint density at radius 3 is 1.76 bits per heavy atom. The van der Waals surface area contributed by atoms with Crippen molar-refractivity contribution < 1.29 is 0 Å². The van der Waals surface area contributed by atoms with Crippen molar-refractivity contribution in [2.24, 2.45) is 0 Å². The van der Waals surface area contributed by atoms with Gasteiger partial charge in [0.15, 0.2) is 0 Å². The molecule has 7 rings (SSSR count). The molecule has 0 spiro atoms. The highest BCUT2D eigenvalue weighted by Crippen LogP contribution is 2.42. The van der Waals surface area contributed by atoms with Crippen LogP contribution in [0.25, 0.3) is 54.9 Å². The van der Waals surface area contributed by atoms with Gasteiger partial charge in [-0.3, -0.25) is 0 Å². The molecule has 33 heavy (non-hydrogen) atoms. The van der Waals surface area contributed by atoms with Gasteiger partial charge in [0, 0.05) is 0 Å². The summed E-state index contributed by atoms with van der Waals surface area (Å²) < 4.78 is 0. The van der Waals surface area contributed by atoms with Crippen molar-refractivity contribution in [2.45, 2.75) is 6.42 Å². The van der Waals surface area contributed by atoms with E-state index in [0.717, 1.165) is 6.42 Å². The molecule has 1 aliphatic carbocycles. The zero-order chi connectivity index (χ0) is 21.8. The van der Waals surface area contributed by atoms with E-state index in [-0.39, 0.29) is 0 Å². The van der Waals surface area contributed by atoms with Crippen molar-refractivity contribution in [3.8, 4) is 33.4 Å². The molecule has 1 aliphatic rings. The first kappa shape index (κ1) is 18.4. The Labute approximate surface area is 193 Å². The predicted octanol–water partition coefficient (Wildman–Crippen LogP) is 8.90. The third kappa shape index (κ3) is 2.84. The standard InChI is InChI=1S/C33H22/c1-4-11-28-26(10-1)21-32-27(14-7-15-31(28)32)22-16-18-23(19-17-22)33-29-12-5-2-8-24(29)20-25-9-3-6-13-30(25)33/h1-20H,21H2. The van der Waals surface area contributed by atoms with Crippen LogP contribution in [0.2, 0.25) is 0 Å². The van der Waals surface area contributed by atoms with E-state index in [1.807, 2.05) is 0 Å². The molecule has 0 aliphatic heterocycles. The number of fused-ring (bicyclic) bond motifs is 5. The minimum atomic E-state index is 1.01. The molecule has 0 heteroatoms. The first-order chi connectivity index (χ1) is 16.4. The Balaban J connectivity index is 1.38. The van der Waals surface area contributed by atoms with Gasteiger partial charge in [-0.05, 0) is 78.5 Å². The molecule has 0 nitrogen and oxygen atoms in total. The van der Waals surface area contributed by atoms with Crippen molar-refractivity contribution in [1.82, 2.24) is 0 Å². The maximum Gasteiger partial charge on any atom is -0.000729 e. The second-order valence-corrected chi connectivity index (χ2v) is 8.94. The Morgan fingerprint density at radius 1 is 0.424 bits per heavy atom. The van der Waals surface area contributed by atoms with E-state index in [9.17, 15) is 0 Å². The molecule has 0 saturated carbocycles. The van der Waals surface area contributed by atoms with E-state index in [1.165, 1.54) is 66.1 Å². The summed E-state index contributed by atoms with van der Waals surface area (Å²) in [7, 11) is 0. The van der Waals surface area contributed by atoms with E-state index in [4.69, 9.17) is 0 Å². The van der Waals surface area contributed by atoms with E-state index in [0.29, 0.717) is 0 Å². The summed E-state index contributed by atoms with van der Waals surface area (Å²) in [5, 5.41) is 5.18. The number of hydrogen-bond acceptors (Lipinski definition) is 0. The van der Waals surface area contributed by atoms with Gasteiger partial charge in [0.1, 0.15) is 0 Å². The monoisotopic (exact) mass is 418 g/mol. The van der Waals surface area contributed by atoms with E-state index < -0.39 is 0 Å². The molecule has 0 fully saturated rings. The Hall–Kier alpha value is -4.16. The van der Waals surface area contributed by atoms with Gasteiger partial charge in [-0.25, -0.2) is 0 Å². The molecule has 0 atom stereocenters. The van der Waals surface area contributed by atoms with Gasteiger partial charge < -0.3 is 0 Å². The predicted molar refractivity (Wildman–Crippen MR) is 141 cm³/mol. The third-order valence-electron chi connectivity index (χ3n) is 7.11. The molecular weight excluding hydrogens is 396 g/mol. The quantitative estimate of drug-likeness (QED) is 0.246. The van der Waals surface area contributed by atoms with Crippen molar-refractivity contribution in [2.75, 3.05) is 0 Å². The molecule has 0 bridgehead atoms. The molecule has 0 heterocycles. The minimum Gasteiger partial charge on any atom is -0.0619 e. The summed E-state index contributed by atoms with van der Waals surface area (Å²) in [5.41, 5.74) is 10.9. The van der Waals surface area contributed by atoms with Crippen LogP contribution in [0.5, 0.6) is 0 Å². The topological polar surface area (TPSA) is 0 Å². The molecule has 0 N–H and O–H groups in total. The molecular formula is C33H22. The molecule has 0 amide bonds. The highest BCUT2D eigenvalue weighted by atomic mass is 14.2. The zero-order valence-corrected chi connectivity index (χ0v) is 18.3. The second kappa shape index (κ2) is 7.18. The lowest BCUT2D eigenvalue weighted by Gasteiger charge is -2.14. The Kier molecular flexibility index (Phi) is 4.01. The van der Waals surface area contributed by atoms with Crippen molar-refractivity contribution in [1.29, 1.82) is 0 Å². The van der Waals surface area contributed by atoms with Crippen LogP contribution in [0.4, 0.5) is 0 Å². The van der Waals surface area contributed by atoms with E-state index in [2.05, 4.69) is 121 Å². The summed E-state index contributed by atoms with van der Waals surface area (Å²) in [6, 6.07) is 44.4. The van der Waals surface area contributed by atoms with Crippen molar-refractivity contribution in [3.05, 3.63) is 132 Å². The van der Waals surface area contributed by atoms with Gasteiger partial charge >= 0.3 is 0 Å². The summed E-state index contributed by atoms with van der Waals surface area (Å²) in [6.07, 6.45) is 1.01. The molecule has 0 saturated heterocycles. The van der Waals surface area contributed by atoms with Gasteiger partial charge in [0.05, 0.1) is 0 Å². The Morgan fingerprint density at radius 2 is 1.00 bits per heavy atom. The summed E-state index contributed by atoms with van der Waals surface area (Å²) >= 11 is 0. The van der Waals surface area contributed by atoms with Crippen LogP contribution in [0, 0.1) is 0 Å². The van der Waals surface area contributed by atoms with Gasteiger partial charge in [0.25, 0.3) is 0 Å². The number of rotatable bonds is 2. The van der Waals surface area contributed by atoms with Crippen molar-refractivity contribution >= 4 is 21.5 Å². The molecule has 6 aromatic carbocycles. The van der Waals surface area contributed by atoms with Crippen LogP contribution >= 0.6 is 0 Å². The summed E-state index contributed by atoms with van der Waals surface area (Å²) in [4.78, 5) is 0. The lowest BCUT2D eigenvalue weighted by molar-refractivity contribution is 1.26. The lowest BCUT2D eigenvalue weighted by atomic mass is 9.90. The fourth-order valence-corrected chi connectivity index (χ4v) is 5.57. The number of benzene rings is 6. The normalized spacial score (nSPS) is 12.1. The first-order valence-electron chi connectivity index (χ1n) is 11.6. The highest BCUT2D eigenvalue weighted by Gasteiger charge is 2.21. The molecule has 6 aromatic rings. The van der Waals surface area contributed by atoms with Crippen LogP contribution < -0.4 is 0 Å². The molecule has 0 unspecified atom stereocenters. The third-order valence-corrected chi connectivity index (χ3v) is 7.11. The van der Waals surface area contributed by atoms with Crippen molar-refractivity contribution in [3.63, 3.8) is 0 Å². The summed E-state index contributed by atoms with van der Waals surface area (Å²) in [6.45, 7) is 0. The minimum absolute atomic E-state index is 1.01. The zero-order valence-electron chi connectivity index (χ0n) is 18.3. The average Bonchev–Trinajstić information content (AvgIpc) is 3.26. The maximum atomic E-state index is 2.30. The van der Waals surface area contributed by atoms with Gasteiger partial charge in [-0.2, -0.15) is 0 Å². The fourth-order valence-electron chi connectivity index (χ4n) is 5.57. The largest absolute Gasteiger partial charge is 0.0619 e. The molecule has 0 radical (unpaired) electrons. The van der Waals surface area contributed by atoms with Crippen LogP contribution in [0.3, 0.4) is 0 Å². The van der Waals surface area contributed by atoms with E-state index >= 15 is 0 Å². The second-order valence-electron chi connectivity index (χ2n) is 8.94. The SMILES string of the molecule is c1ccc2c(c1)Cc1c(-c3ccc(-c4c5ccccc5cc5ccccc45)cc3)cccc1-2. The lowest BCUT2D eigenvalue weighted by Crippen LogP contribution is -1.89. The average molecular weight is 419 g/mol. The summed E-state index contributed by atoms with van der Waals surface area (Å²) in [5.74, 6) is 0. The van der Waals surface area contributed by atoms with Gasteiger partial charge in [-0.15, -0.1) is 0 Å². The molecule has 0 aromatic heterocycles. The molecule has 154 valence electrons. The van der Waals surface area contributed by atoms with E-state index in [1.54, 1.807) is 0 Å². The van der Waals surface area contributed by atoms with Gasteiger partial charge in [-0.1, -0.05) is 115 Å². The van der Waals surface area contributed by atoms with Crippen LogP contribution in [-0.4, -0.2) is 0 Å². The first-order valence-corrected chi connectivity index (χ1v) is 11.6. The van der Waals surface area contributed by atoms with Gasteiger partial charge in [0.2, 0.25) is 0 Å². The number of hydrogen-bond donors (Lipinski definition) is 0.